The smallest absolute Gasteiger partial charge is 0.253 e. The van der Waals surface area contributed by atoms with Crippen molar-refractivity contribution in [1.29, 1.82) is 0 Å². The number of piperidine rings is 1. The highest BCUT2D eigenvalue weighted by Gasteiger charge is 2.34. The van der Waals surface area contributed by atoms with Gasteiger partial charge in [0.1, 0.15) is 11.9 Å². The van der Waals surface area contributed by atoms with E-state index < -0.39 is 6.04 Å². The molecule has 1 aliphatic rings. The van der Waals surface area contributed by atoms with E-state index in [2.05, 4.69) is 10.6 Å². The lowest BCUT2D eigenvalue weighted by Crippen LogP contribution is -2.55. The third-order valence-electron chi connectivity index (χ3n) is 6.35. The number of halogens is 1. The number of hydrogen-bond acceptors (Lipinski definition) is 3. The van der Waals surface area contributed by atoms with Crippen LogP contribution in [0.4, 0.5) is 4.39 Å². The molecule has 2 N–H and O–H groups in total. The summed E-state index contributed by atoms with van der Waals surface area (Å²) in [6, 6.07) is 12.1. The summed E-state index contributed by atoms with van der Waals surface area (Å²) in [5.41, 5.74) is 1.83. The van der Waals surface area contributed by atoms with Gasteiger partial charge in [-0.3, -0.25) is 14.4 Å². The molecule has 6 nitrogen and oxygen atoms in total. The number of rotatable bonds is 7. The van der Waals surface area contributed by atoms with Crippen LogP contribution in [0, 0.1) is 18.7 Å². The molecular weight excluding hydrogens is 421 g/mol. The molecule has 0 saturated carbocycles. The van der Waals surface area contributed by atoms with E-state index in [1.54, 1.807) is 17.0 Å². The van der Waals surface area contributed by atoms with Crippen molar-refractivity contribution in [2.24, 2.45) is 5.92 Å². The van der Waals surface area contributed by atoms with E-state index in [-0.39, 0.29) is 35.5 Å². The highest BCUT2D eigenvalue weighted by Crippen LogP contribution is 2.23. The third-order valence-corrected chi connectivity index (χ3v) is 6.35. The lowest BCUT2D eigenvalue weighted by atomic mass is 9.88. The number of hydrogen-bond donors (Lipinski definition) is 2. The van der Waals surface area contributed by atoms with Crippen LogP contribution in [0.2, 0.25) is 0 Å². The Morgan fingerprint density at radius 1 is 1.03 bits per heavy atom. The summed E-state index contributed by atoms with van der Waals surface area (Å²) in [5.74, 6) is -1.11. The number of likely N-dealkylation sites (tertiary alicyclic amines) is 1. The molecule has 3 rings (SSSR count). The number of carbonyl (C=O) groups excluding carboxylic acids is 3. The van der Waals surface area contributed by atoms with Crippen LogP contribution in [0.5, 0.6) is 0 Å². The molecule has 2 aromatic carbocycles. The summed E-state index contributed by atoms with van der Waals surface area (Å²) in [5, 5.41) is 5.95. The molecule has 176 valence electrons. The molecule has 1 saturated heterocycles. The highest BCUT2D eigenvalue weighted by molar-refractivity contribution is 5.98. The Morgan fingerprint density at radius 2 is 1.67 bits per heavy atom. The fourth-order valence-corrected chi connectivity index (χ4v) is 4.09. The molecular formula is C26H32FN3O3. The molecule has 2 aromatic rings. The van der Waals surface area contributed by atoms with Crippen molar-refractivity contribution in [3.05, 3.63) is 71.0 Å². The van der Waals surface area contributed by atoms with Crippen LogP contribution in [0.15, 0.2) is 48.5 Å². The van der Waals surface area contributed by atoms with Gasteiger partial charge < -0.3 is 15.5 Å². The molecule has 2 atom stereocenters. The van der Waals surface area contributed by atoms with Gasteiger partial charge >= 0.3 is 0 Å². The first-order valence-corrected chi connectivity index (χ1v) is 11.5. The van der Waals surface area contributed by atoms with E-state index in [1.165, 1.54) is 24.3 Å². The Labute approximate surface area is 194 Å². The number of nitrogens with one attached hydrogen (secondary N) is 2. The Morgan fingerprint density at radius 3 is 2.27 bits per heavy atom. The molecule has 7 heteroatoms. The molecule has 0 bridgehead atoms. The van der Waals surface area contributed by atoms with Crippen LogP contribution < -0.4 is 10.6 Å². The van der Waals surface area contributed by atoms with E-state index >= 15 is 0 Å². The Kier molecular flexibility index (Phi) is 8.20. The summed E-state index contributed by atoms with van der Waals surface area (Å²) in [4.78, 5) is 40.5. The maximum absolute atomic E-state index is 13.2. The zero-order chi connectivity index (χ0) is 24.0. The second-order valence-corrected chi connectivity index (χ2v) is 8.72. The van der Waals surface area contributed by atoms with Gasteiger partial charge in [-0.25, -0.2) is 4.39 Å². The highest BCUT2D eigenvalue weighted by atomic mass is 19.1. The zero-order valence-electron chi connectivity index (χ0n) is 19.4. The predicted octanol–water partition coefficient (Wildman–Crippen LogP) is 3.70. The standard InChI is InChI=1S/C26H32FN3O3/c1-4-18(3)28-25(32)23(29-24(31)22-8-6-5-7-17(22)2)19-13-15-30(16-14-19)26(33)20-9-11-21(27)12-10-20/h5-12,18-19,23H,4,13-16H2,1-3H3,(H,28,32)(H,29,31)/t18-,23+/m0/s1. The molecule has 0 aliphatic carbocycles. The second kappa shape index (κ2) is 11.1. The van der Waals surface area contributed by atoms with E-state index in [9.17, 15) is 18.8 Å². The molecule has 1 aliphatic heterocycles. The van der Waals surface area contributed by atoms with Crippen molar-refractivity contribution < 1.29 is 18.8 Å². The number of amides is 3. The third kappa shape index (κ3) is 6.18. The summed E-state index contributed by atoms with van der Waals surface area (Å²) in [6.45, 7) is 6.72. The predicted molar refractivity (Wildman–Crippen MR) is 125 cm³/mol. The van der Waals surface area contributed by atoms with Crippen LogP contribution in [-0.4, -0.2) is 47.8 Å². The summed E-state index contributed by atoms with van der Waals surface area (Å²) < 4.78 is 13.2. The maximum Gasteiger partial charge on any atom is 0.253 e. The molecule has 1 fully saturated rings. The Balaban J connectivity index is 1.71. The topological polar surface area (TPSA) is 78.5 Å². The van der Waals surface area contributed by atoms with Crippen LogP contribution in [0.1, 0.15) is 59.4 Å². The van der Waals surface area contributed by atoms with E-state index in [4.69, 9.17) is 0 Å². The fourth-order valence-electron chi connectivity index (χ4n) is 4.09. The van der Waals surface area contributed by atoms with E-state index in [0.29, 0.717) is 37.1 Å². The minimum absolute atomic E-state index is 0.00416. The first-order valence-electron chi connectivity index (χ1n) is 11.5. The van der Waals surface area contributed by atoms with Crippen molar-refractivity contribution >= 4 is 17.7 Å². The average Bonchev–Trinajstić information content (AvgIpc) is 2.82. The molecule has 0 aromatic heterocycles. The van der Waals surface area contributed by atoms with Crippen molar-refractivity contribution in [3.8, 4) is 0 Å². The van der Waals surface area contributed by atoms with Crippen LogP contribution >= 0.6 is 0 Å². The van der Waals surface area contributed by atoms with Crippen LogP contribution in [0.25, 0.3) is 0 Å². The van der Waals surface area contributed by atoms with Crippen molar-refractivity contribution in [2.45, 2.75) is 52.1 Å². The van der Waals surface area contributed by atoms with Gasteiger partial charge in [0.2, 0.25) is 5.91 Å². The number of nitrogens with zero attached hydrogens (tertiary/aromatic N) is 1. The largest absolute Gasteiger partial charge is 0.352 e. The van der Waals surface area contributed by atoms with Gasteiger partial charge in [0.15, 0.2) is 0 Å². The van der Waals surface area contributed by atoms with E-state index in [0.717, 1.165) is 12.0 Å². The van der Waals surface area contributed by atoms with Crippen molar-refractivity contribution in [1.82, 2.24) is 15.5 Å². The maximum atomic E-state index is 13.2. The van der Waals surface area contributed by atoms with Gasteiger partial charge in [-0.05, 0) is 74.9 Å². The SMILES string of the molecule is CC[C@H](C)NC(=O)[C@H](NC(=O)c1ccccc1C)C1CCN(C(=O)c2ccc(F)cc2)CC1. The quantitative estimate of drug-likeness (QED) is 0.671. The lowest BCUT2D eigenvalue weighted by Gasteiger charge is -2.36. The fraction of sp³-hybridized carbons (Fsp3) is 0.423. The number of carbonyl (C=O) groups is 3. The van der Waals surface area contributed by atoms with Gasteiger partial charge in [0.05, 0.1) is 0 Å². The number of aryl methyl sites for hydroxylation is 1. The first kappa shape index (κ1) is 24.4. The molecule has 3 amide bonds. The monoisotopic (exact) mass is 453 g/mol. The molecule has 0 radical (unpaired) electrons. The van der Waals surface area contributed by atoms with Gasteiger partial charge in [0.25, 0.3) is 11.8 Å². The summed E-state index contributed by atoms with van der Waals surface area (Å²) in [6.07, 6.45) is 1.95. The van der Waals surface area contributed by atoms with Gasteiger partial charge in [-0.2, -0.15) is 0 Å². The Bertz CT molecular complexity index is 985. The van der Waals surface area contributed by atoms with Gasteiger partial charge in [-0.1, -0.05) is 25.1 Å². The van der Waals surface area contributed by atoms with Gasteiger partial charge in [0, 0.05) is 30.3 Å². The summed E-state index contributed by atoms with van der Waals surface area (Å²) >= 11 is 0. The first-order chi connectivity index (χ1) is 15.8. The zero-order valence-corrected chi connectivity index (χ0v) is 19.4. The van der Waals surface area contributed by atoms with Crippen LogP contribution in [0.3, 0.4) is 0 Å². The van der Waals surface area contributed by atoms with Gasteiger partial charge in [-0.15, -0.1) is 0 Å². The second-order valence-electron chi connectivity index (χ2n) is 8.72. The minimum Gasteiger partial charge on any atom is -0.352 e. The molecule has 1 heterocycles. The van der Waals surface area contributed by atoms with Crippen LogP contribution in [-0.2, 0) is 4.79 Å². The molecule has 0 spiro atoms. The van der Waals surface area contributed by atoms with Crippen molar-refractivity contribution in [3.63, 3.8) is 0 Å². The number of benzene rings is 2. The minimum atomic E-state index is -0.686. The molecule has 0 unspecified atom stereocenters. The Hall–Kier alpha value is -3.22. The summed E-state index contributed by atoms with van der Waals surface area (Å²) in [7, 11) is 0. The normalized spacial score (nSPS) is 16.1. The molecule has 33 heavy (non-hydrogen) atoms. The van der Waals surface area contributed by atoms with E-state index in [1.807, 2.05) is 32.9 Å². The van der Waals surface area contributed by atoms with Crippen molar-refractivity contribution in [2.75, 3.05) is 13.1 Å². The average molecular weight is 454 g/mol. The lowest BCUT2D eigenvalue weighted by molar-refractivity contribution is -0.125.